The van der Waals surface area contributed by atoms with Gasteiger partial charge in [0, 0.05) is 23.1 Å². The third-order valence-electron chi connectivity index (χ3n) is 4.69. The SMILES string of the molecule is O=C(CCc1nc(-c2ccccc2)no1)OC(C(=O)c1ccccc1)c1ccccc1. The van der Waals surface area contributed by atoms with Crippen molar-refractivity contribution in [2.45, 2.75) is 18.9 Å². The summed E-state index contributed by atoms with van der Waals surface area (Å²) < 4.78 is 10.8. The third-order valence-corrected chi connectivity index (χ3v) is 4.69. The van der Waals surface area contributed by atoms with E-state index in [2.05, 4.69) is 10.1 Å². The first-order valence-corrected chi connectivity index (χ1v) is 9.92. The first kappa shape index (κ1) is 20.2. The Kier molecular flexibility index (Phi) is 6.28. The van der Waals surface area contributed by atoms with Crippen molar-refractivity contribution in [3.05, 3.63) is 108 Å². The van der Waals surface area contributed by atoms with Crippen molar-refractivity contribution < 1.29 is 18.8 Å². The normalized spacial score (nSPS) is 11.6. The lowest BCUT2D eigenvalue weighted by atomic mass is 10.00. The Balaban J connectivity index is 1.43. The second-order valence-electron chi connectivity index (χ2n) is 6.89. The molecule has 0 aliphatic carbocycles. The highest BCUT2D eigenvalue weighted by molar-refractivity contribution is 6.00. The van der Waals surface area contributed by atoms with Crippen LogP contribution in [-0.4, -0.2) is 21.9 Å². The fourth-order valence-electron chi connectivity index (χ4n) is 3.11. The van der Waals surface area contributed by atoms with Gasteiger partial charge >= 0.3 is 5.97 Å². The van der Waals surface area contributed by atoms with E-state index >= 15 is 0 Å². The van der Waals surface area contributed by atoms with E-state index in [1.807, 2.05) is 42.5 Å². The van der Waals surface area contributed by atoms with Crippen LogP contribution in [0.4, 0.5) is 0 Å². The van der Waals surface area contributed by atoms with Gasteiger partial charge in [0.25, 0.3) is 0 Å². The molecule has 154 valence electrons. The zero-order valence-corrected chi connectivity index (χ0v) is 16.7. The van der Waals surface area contributed by atoms with Crippen LogP contribution in [0.3, 0.4) is 0 Å². The van der Waals surface area contributed by atoms with E-state index < -0.39 is 12.1 Å². The molecule has 4 rings (SSSR count). The van der Waals surface area contributed by atoms with Gasteiger partial charge in [-0.1, -0.05) is 96.2 Å². The molecule has 0 fully saturated rings. The van der Waals surface area contributed by atoms with Crippen molar-refractivity contribution in [1.29, 1.82) is 0 Å². The maximum absolute atomic E-state index is 13.0. The van der Waals surface area contributed by atoms with Crippen LogP contribution in [0.25, 0.3) is 11.4 Å². The molecule has 1 heterocycles. The molecule has 6 nitrogen and oxygen atoms in total. The molecule has 4 aromatic rings. The maximum atomic E-state index is 13.0. The van der Waals surface area contributed by atoms with Gasteiger partial charge in [0.1, 0.15) is 0 Å². The van der Waals surface area contributed by atoms with Crippen molar-refractivity contribution in [3.63, 3.8) is 0 Å². The van der Waals surface area contributed by atoms with Crippen LogP contribution >= 0.6 is 0 Å². The molecular weight excluding hydrogens is 392 g/mol. The lowest BCUT2D eigenvalue weighted by molar-refractivity contribution is -0.147. The Bertz CT molecular complexity index is 1140. The second kappa shape index (κ2) is 9.63. The van der Waals surface area contributed by atoms with Crippen LogP contribution in [0, 0.1) is 0 Å². The number of ketones is 1. The van der Waals surface area contributed by atoms with Gasteiger partial charge in [-0.2, -0.15) is 4.98 Å². The molecule has 0 spiro atoms. The molecule has 0 bridgehead atoms. The fourth-order valence-corrected chi connectivity index (χ4v) is 3.11. The zero-order chi connectivity index (χ0) is 21.5. The minimum atomic E-state index is -1.02. The smallest absolute Gasteiger partial charge is 0.307 e. The summed E-state index contributed by atoms with van der Waals surface area (Å²) in [7, 11) is 0. The lowest BCUT2D eigenvalue weighted by Gasteiger charge is -2.17. The van der Waals surface area contributed by atoms with E-state index in [9.17, 15) is 9.59 Å². The molecule has 0 radical (unpaired) electrons. The molecule has 3 aromatic carbocycles. The Hall–Kier alpha value is -4.06. The van der Waals surface area contributed by atoms with Gasteiger partial charge in [0.2, 0.25) is 17.5 Å². The Morgan fingerprint density at radius 2 is 1.45 bits per heavy atom. The maximum Gasteiger partial charge on any atom is 0.307 e. The van der Waals surface area contributed by atoms with Crippen molar-refractivity contribution in [2.75, 3.05) is 0 Å². The van der Waals surface area contributed by atoms with E-state index in [1.165, 1.54) is 0 Å². The number of carbonyl (C=O) groups is 2. The molecule has 1 atom stereocenters. The number of Topliss-reactive ketones (excluding diaryl/α,β-unsaturated/α-hetero) is 1. The third kappa shape index (κ3) is 5.11. The topological polar surface area (TPSA) is 82.3 Å². The number of aryl methyl sites for hydroxylation is 1. The Morgan fingerprint density at radius 3 is 2.13 bits per heavy atom. The molecule has 0 saturated heterocycles. The number of esters is 1. The van der Waals surface area contributed by atoms with E-state index in [0.29, 0.717) is 22.8 Å². The lowest BCUT2D eigenvalue weighted by Crippen LogP contribution is -2.20. The number of benzene rings is 3. The van der Waals surface area contributed by atoms with E-state index in [4.69, 9.17) is 9.26 Å². The summed E-state index contributed by atoms with van der Waals surface area (Å²) in [5.74, 6) is 0.00809. The van der Waals surface area contributed by atoms with Crippen molar-refractivity contribution >= 4 is 11.8 Å². The van der Waals surface area contributed by atoms with Crippen molar-refractivity contribution in [1.82, 2.24) is 10.1 Å². The molecule has 0 N–H and O–H groups in total. The summed E-state index contributed by atoms with van der Waals surface area (Å²) in [4.78, 5) is 29.9. The van der Waals surface area contributed by atoms with E-state index in [1.54, 1.807) is 48.5 Å². The van der Waals surface area contributed by atoms with Crippen LogP contribution in [-0.2, 0) is 16.0 Å². The Labute approximate surface area is 179 Å². The highest BCUT2D eigenvalue weighted by atomic mass is 16.5. The molecule has 0 saturated carbocycles. The average molecular weight is 412 g/mol. The highest BCUT2D eigenvalue weighted by Gasteiger charge is 2.26. The van der Waals surface area contributed by atoms with E-state index in [0.717, 1.165) is 5.56 Å². The first-order chi connectivity index (χ1) is 15.2. The summed E-state index contributed by atoms with van der Waals surface area (Å²) >= 11 is 0. The average Bonchev–Trinajstić information content (AvgIpc) is 3.32. The largest absolute Gasteiger partial charge is 0.449 e. The standard InChI is InChI=1S/C25H20N2O4/c28-22(17-16-21-26-25(27-31-21)20-14-8-3-9-15-20)30-24(19-12-6-2-7-13-19)23(29)18-10-4-1-5-11-18/h1-15,24H,16-17H2. The minimum absolute atomic E-state index is 0.0157. The molecule has 31 heavy (non-hydrogen) atoms. The highest BCUT2D eigenvalue weighted by Crippen LogP contribution is 2.23. The Morgan fingerprint density at radius 1 is 0.839 bits per heavy atom. The van der Waals surface area contributed by atoms with Gasteiger partial charge in [-0.3, -0.25) is 9.59 Å². The molecule has 0 aliphatic rings. The summed E-state index contributed by atoms with van der Waals surface area (Å²) in [6.07, 6.45) is -0.777. The second-order valence-corrected chi connectivity index (χ2v) is 6.89. The summed E-state index contributed by atoms with van der Waals surface area (Å²) in [5.41, 5.74) is 1.93. The molecule has 1 unspecified atom stereocenters. The number of nitrogens with zero attached hydrogens (tertiary/aromatic N) is 2. The van der Waals surface area contributed by atoms with Gasteiger partial charge in [-0.25, -0.2) is 0 Å². The number of hydrogen-bond donors (Lipinski definition) is 0. The van der Waals surface area contributed by atoms with Crippen LogP contribution in [0.1, 0.15) is 34.3 Å². The van der Waals surface area contributed by atoms with Gasteiger partial charge in [-0.15, -0.1) is 0 Å². The molecule has 0 amide bonds. The summed E-state index contributed by atoms with van der Waals surface area (Å²) in [6.45, 7) is 0. The number of carbonyl (C=O) groups excluding carboxylic acids is 2. The molecule has 6 heteroatoms. The quantitative estimate of drug-likeness (QED) is 0.304. The van der Waals surface area contributed by atoms with Crippen LogP contribution in [0.15, 0.2) is 95.5 Å². The number of rotatable bonds is 8. The van der Waals surface area contributed by atoms with Gasteiger partial charge in [0.05, 0.1) is 6.42 Å². The summed E-state index contributed by atoms with van der Waals surface area (Å²) in [6, 6.07) is 27.2. The summed E-state index contributed by atoms with van der Waals surface area (Å²) in [5, 5.41) is 3.95. The monoisotopic (exact) mass is 412 g/mol. The predicted molar refractivity (Wildman–Crippen MR) is 114 cm³/mol. The van der Waals surface area contributed by atoms with Crippen molar-refractivity contribution in [2.24, 2.45) is 0 Å². The number of ether oxygens (including phenoxy) is 1. The van der Waals surface area contributed by atoms with Gasteiger partial charge in [-0.05, 0) is 0 Å². The van der Waals surface area contributed by atoms with E-state index in [-0.39, 0.29) is 18.6 Å². The van der Waals surface area contributed by atoms with Crippen LogP contribution in [0.5, 0.6) is 0 Å². The van der Waals surface area contributed by atoms with Crippen molar-refractivity contribution in [3.8, 4) is 11.4 Å². The zero-order valence-electron chi connectivity index (χ0n) is 16.7. The number of hydrogen-bond acceptors (Lipinski definition) is 6. The van der Waals surface area contributed by atoms with Gasteiger partial charge < -0.3 is 9.26 Å². The molecule has 0 aliphatic heterocycles. The fraction of sp³-hybridized carbons (Fsp3) is 0.120. The molecule has 1 aromatic heterocycles. The predicted octanol–water partition coefficient (Wildman–Crippen LogP) is 4.84. The molecular formula is C25H20N2O4. The minimum Gasteiger partial charge on any atom is -0.449 e. The number of aromatic nitrogens is 2. The van der Waals surface area contributed by atoms with Gasteiger partial charge in [0.15, 0.2) is 6.10 Å². The van der Waals surface area contributed by atoms with Crippen LogP contribution < -0.4 is 0 Å². The van der Waals surface area contributed by atoms with Crippen LogP contribution in [0.2, 0.25) is 0 Å². The first-order valence-electron chi connectivity index (χ1n) is 9.92.